The van der Waals surface area contributed by atoms with E-state index in [0.29, 0.717) is 0 Å². The van der Waals surface area contributed by atoms with E-state index < -0.39 is 17.5 Å². The van der Waals surface area contributed by atoms with Crippen molar-refractivity contribution < 1.29 is 27.4 Å². The molecular formula is C10H8BrF3O3. The first-order valence-corrected chi connectivity index (χ1v) is 5.13. The van der Waals surface area contributed by atoms with Crippen molar-refractivity contribution in [2.45, 2.75) is 6.18 Å². The number of ketones is 1. The maximum absolute atomic E-state index is 12.3. The molecule has 0 saturated heterocycles. The molecule has 0 aromatic heterocycles. The van der Waals surface area contributed by atoms with Gasteiger partial charge in [0.2, 0.25) is 0 Å². The van der Waals surface area contributed by atoms with Gasteiger partial charge in [-0.3, -0.25) is 4.79 Å². The molecule has 0 saturated carbocycles. The number of methoxy groups -OCH3 is 2. The molecule has 1 aromatic rings. The molecule has 0 amide bonds. The van der Waals surface area contributed by atoms with Crippen molar-refractivity contribution in [3.63, 3.8) is 0 Å². The summed E-state index contributed by atoms with van der Waals surface area (Å²) in [5.74, 6) is -1.65. The zero-order valence-electron chi connectivity index (χ0n) is 8.89. The summed E-state index contributed by atoms with van der Waals surface area (Å²) < 4.78 is 46.6. The SMILES string of the molecule is COc1cc(Br)c(C(=O)C(F)(F)F)cc1OC. The Morgan fingerprint density at radius 2 is 1.65 bits per heavy atom. The molecule has 94 valence electrons. The second-order valence-electron chi connectivity index (χ2n) is 3.01. The lowest BCUT2D eigenvalue weighted by molar-refractivity contribution is -0.0885. The van der Waals surface area contributed by atoms with Crippen LogP contribution in [0.3, 0.4) is 0 Å². The minimum absolute atomic E-state index is 0.00234. The molecule has 1 rings (SSSR count). The van der Waals surface area contributed by atoms with Gasteiger partial charge in [0.05, 0.1) is 14.2 Å². The van der Waals surface area contributed by atoms with E-state index in [1.807, 2.05) is 0 Å². The highest BCUT2D eigenvalue weighted by atomic mass is 79.9. The Kier molecular flexibility index (Phi) is 4.03. The van der Waals surface area contributed by atoms with Crippen LogP contribution < -0.4 is 9.47 Å². The van der Waals surface area contributed by atoms with Crippen LogP contribution in [-0.4, -0.2) is 26.2 Å². The predicted molar refractivity (Wildman–Crippen MR) is 57.6 cm³/mol. The predicted octanol–water partition coefficient (Wildman–Crippen LogP) is 3.21. The Balaban J connectivity index is 3.31. The summed E-state index contributed by atoms with van der Waals surface area (Å²) >= 11 is 2.89. The van der Waals surface area contributed by atoms with Crippen LogP contribution in [0.2, 0.25) is 0 Å². The normalized spacial score (nSPS) is 11.2. The lowest BCUT2D eigenvalue weighted by Gasteiger charge is -2.12. The molecule has 0 aliphatic carbocycles. The maximum atomic E-state index is 12.3. The number of benzene rings is 1. The third-order valence-corrected chi connectivity index (χ3v) is 2.63. The Hall–Kier alpha value is -1.24. The quantitative estimate of drug-likeness (QED) is 0.804. The number of ether oxygens (including phenoxy) is 2. The standard InChI is InChI=1S/C10H8BrF3O3/c1-16-7-3-5(9(15)10(12,13)14)6(11)4-8(7)17-2/h3-4H,1-2H3. The second-order valence-corrected chi connectivity index (χ2v) is 3.87. The highest BCUT2D eigenvalue weighted by molar-refractivity contribution is 9.10. The third-order valence-electron chi connectivity index (χ3n) is 1.98. The van der Waals surface area contributed by atoms with Crippen LogP contribution in [-0.2, 0) is 0 Å². The summed E-state index contributed by atoms with van der Waals surface area (Å²) in [5, 5.41) is 0. The summed E-state index contributed by atoms with van der Waals surface area (Å²) in [6.07, 6.45) is -4.93. The minimum atomic E-state index is -4.93. The Labute approximate surface area is 104 Å². The van der Waals surface area contributed by atoms with E-state index in [-0.39, 0.29) is 16.0 Å². The van der Waals surface area contributed by atoms with Crippen LogP contribution in [0.4, 0.5) is 13.2 Å². The minimum Gasteiger partial charge on any atom is -0.493 e. The van der Waals surface area contributed by atoms with E-state index in [9.17, 15) is 18.0 Å². The molecule has 7 heteroatoms. The number of halogens is 4. The highest BCUT2D eigenvalue weighted by Gasteiger charge is 2.40. The first kappa shape index (κ1) is 13.8. The van der Waals surface area contributed by atoms with Gasteiger partial charge in [0.1, 0.15) is 0 Å². The Morgan fingerprint density at radius 3 is 2.06 bits per heavy atom. The molecule has 1 aromatic carbocycles. The first-order chi connectivity index (χ1) is 7.81. The smallest absolute Gasteiger partial charge is 0.454 e. The number of carbonyl (C=O) groups excluding carboxylic acids is 1. The fourth-order valence-corrected chi connectivity index (χ4v) is 1.68. The van der Waals surface area contributed by atoms with Gasteiger partial charge in [0, 0.05) is 10.0 Å². The topological polar surface area (TPSA) is 35.5 Å². The molecule has 0 atom stereocenters. The highest BCUT2D eigenvalue weighted by Crippen LogP contribution is 2.35. The molecule has 0 unspecified atom stereocenters. The molecule has 0 bridgehead atoms. The van der Waals surface area contributed by atoms with Gasteiger partial charge in [-0.2, -0.15) is 13.2 Å². The van der Waals surface area contributed by atoms with Crippen LogP contribution in [0, 0.1) is 0 Å². The van der Waals surface area contributed by atoms with Crippen LogP contribution in [0.25, 0.3) is 0 Å². The van der Waals surface area contributed by atoms with Crippen molar-refractivity contribution in [2.24, 2.45) is 0 Å². The molecule has 0 aliphatic rings. The number of hydrogen-bond donors (Lipinski definition) is 0. The maximum Gasteiger partial charge on any atom is 0.454 e. The van der Waals surface area contributed by atoms with E-state index in [0.717, 1.165) is 6.07 Å². The van der Waals surface area contributed by atoms with E-state index in [2.05, 4.69) is 15.9 Å². The first-order valence-electron chi connectivity index (χ1n) is 4.34. The van der Waals surface area contributed by atoms with Crippen molar-refractivity contribution in [2.75, 3.05) is 14.2 Å². The van der Waals surface area contributed by atoms with Crippen molar-refractivity contribution in [3.8, 4) is 11.5 Å². The van der Waals surface area contributed by atoms with Gasteiger partial charge >= 0.3 is 6.18 Å². The van der Waals surface area contributed by atoms with Crippen molar-refractivity contribution in [1.82, 2.24) is 0 Å². The van der Waals surface area contributed by atoms with Crippen molar-refractivity contribution in [3.05, 3.63) is 22.2 Å². The largest absolute Gasteiger partial charge is 0.493 e. The van der Waals surface area contributed by atoms with Crippen molar-refractivity contribution >= 4 is 21.7 Å². The van der Waals surface area contributed by atoms with Gasteiger partial charge in [0.25, 0.3) is 5.78 Å². The Morgan fingerprint density at radius 1 is 1.18 bits per heavy atom. The van der Waals surface area contributed by atoms with E-state index >= 15 is 0 Å². The fraction of sp³-hybridized carbons (Fsp3) is 0.300. The zero-order valence-corrected chi connectivity index (χ0v) is 10.5. The van der Waals surface area contributed by atoms with Crippen LogP contribution in [0.15, 0.2) is 16.6 Å². The number of Topliss-reactive ketones (excluding diaryl/α,β-unsaturated/α-hetero) is 1. The monoisotopic (exact) mass is 312 g/mol. The lowest BCUT2D eigenvalue weighted by Crippen LogP contribution is -2.23. The Bertz CT molecular complexity index is 443. The van der Waals surface area contributed by atoms with Gasteiger partial charge in [-0.25, -0.2) is 0 Å². The van der Waals surface area contributed by atoms with E-state index in [4.69, 9.17) is 9.47 Å². The molecule has 3 nitrogen and oxygen atoms in total. The van der Waals surface area contributed by atoms with Gasteiger partial charge in [-0.15, -0.1) is 0 Å². The summed E-state index contributed by atoms with van der Waals surface area (Å²) in [6.45, 7) is 0. The fourth-order valence-electron chi connectivity index (χ4n) is 1.18. The van der Waals surface area contributed by atoms with Gasteiger partial charge in [-0.05, 0) is 28.1 Å². The summed E-state index contributed by atoms with van der Waals surface area (Å²) in [7, 11) is 2.61. The number of carbonyl (C=O) groups is 1. The summed E-state index contributed by atoms with van der Waals surface area (Å²) in [4.78, 5) is 11.1. The molecule has 0 fully saturated rings. The van der Waals surface area contributed by atoms with E-state index in [1.165, 1.54) is 20.3 Å². The molecule has 0 aliphatic heterocycles. The zero-order chi connectivity index (χ0) is 13.2. The molecular weight excluding hydrogens is 305 g/mol. The van der Waals surface area contributed by atoms with Gasteiger partial charge in [-0.1, -0.05) is 0 Å². The van der Waals surface area contributed by atoms with Crippen LogP contribution in [0.1, 0.15) is 10.4 Å². The number of rotatable bonds is 3. The van der Waals surface area contributed by atoms with Gasteiger partial charge < -0.3 is 9.47 Å². The molecule has 17 heavy (non-hydrogen) atoms. The van der Waals surface area contributed by atoms with E-state index in [1.54, 1.807) is 0 Å². The average Bonchev–Trinajstić information content (AvgIpc) is 2.26. The molecule has 0 N–H and O–H groups in total. The van der Waals surface area contributed by atoms with Crippen LogP contribution in [0.5, 0.6) is 11.5 Å². The summed E-state index contributed by atoms with van der Waals surface area (Å²) in [6, 6.07) is 2.23. The molecule has 0 spiro atoms. The second kappa shape index (κ2) is 4.95. The average molecular weight is 313 g/mol. The van der Waals surface area contributed by atoms with Crippen molar-refractivity contribution in [1.29, 1.82) is 0 Å². The molecule has 0 radical (unpaired) electrons. The lowest BCUT2D eigenvalue weighted by atomic mass is 10.1. The molecule has 0 heterocycles. The number of hydrogen-bond acceptors (Lipinski definition) is 3. The summed E-state index contributed by atoms with van der Waals surface area (Å²) in [5.41, 5.74) is -0.518. The number of alkyl halides is 3. The van der Waals surface area contributed by atoms with Crippen LogP contribution >= 0.6 is 15.9 Å². The van der Waals surface area contributed by atoms with Gasteiger partial charge in [0.15, 0.2) is 11.5 Å². The third kappa shape index (κ3) is 2.91.